The van der Waals surface area contributed by atoms with Crippen LogP contribution in [0.15, 0.2) is 0 Å². The van der Waals surface area contributed by atoms with Gasteiger partial charge in [-0.2, -0.15) is 0 Å². The van der Waals surface area contributed by atoms with Crippen LogP contribution in [0.1, 0.15) is 27.2 Å². The largest absolute Gasteiger partial charge is 0.480 e. The van der Waals surface area contributed by atoms with E-state index in [0.717, 1.165) is 6.42 Å². The molecule has 0 aromatic carbocycles. The lowest BCUT2D eigenvalue weighted by Crippen LogP contribution is -2.52. The topological polar surface area (TPSA) is 78.4 Å². The van der Waals surface area contributed by atoms with Crippen LogP contribution in [0.3, 0.4) is 0 Å². The molecule has 1 amide bonds. The third-order valence-electron chi connectivity index (χ3n) is 3.04. The van der Waals surface area contributed by atoms with Crippen molar-refractivity contribution in [3.8, 4) is 0 Å². The summed E-state index contributed by atoms with van der Waals surface area (Å²) in [4.78, 5) is 23.0. The second-order valence-corrected chi connectivity index (χ2v) is 5.78. The predicted molar refractivity (Wildman–Crippen MR) is 67.9 cm³/mol. The molecule has 1 saturated heterocycles. The first-order chi connectivity index (χ1) is 7.95. The Labute approximate surface area is 106 Å². The van der Waals surface area contributed by atoms with Gasteiger partial charge in [-0.15, -0.1) is 11.8 Å². The average Bonchev–Trinajstić information content (AvgIpc) is 2.71. The molecule has 0 saturated carbocycles. The van der Waals surface area contributed by atoms with Gasteiger partial charge in [0, 0.05) is 5.75 Å². The Morgan fingerprint density at radius 1 is 1.59 bits per heavy atom. The van der Waals surface area contributed by atoms with E-state index in [1.165, 1.54) is 0 Å². The quantitative estimate of drug-likeness (QED) is 0.676. The van der Waals surface area contributed by atoms with Crippen molar-refractivity contribution in [1.29, 1.82) is 0 Å². The van der Waals surface area contributed by atoms with Gasteiger partial charge in [-0.1, -0.05) is 20.3 Å². The fourth-order valence-electron chi connectivity index (χ4n) is 1.71. The monoisotopic (exact) mass is 260 g/mol. The lowest BCUT2D eigenvalue weighted by molar-refractivity contribution is -0.143. The summed E-state index contributed by atoms with van der Waals surface area (Å²) in [5, 5.41) is 15.1. The zero-order chi connectivity index (χ0) is 13.0. The Balaban J connectivity index is 2.55. The van der Waals surface area contributed by atoms with E-state index in [-0.39, 0.29) is 23.2 Å². The van der Waals surface area contributed by atoms with Crippen LogP contribution < -0.4 is 10.6 Å². The van der Waals surface area contributed by atoms with Gasteiger partial charge in [-0.3, -0.25) is 10.1 Å². The van der Waals surface area contributed by atoms with Gasteiger partial charge in [-0.25, -0.2) is 4.79 Å². The van der Waals surface area contributed by atoms with Crippen LogP contribution in [-0.4, -0.2) is 40.2 Å². The van der Waals surface area contributed by atoms with Gasteiger partial charge < -0.3 is 10.4 Å². The molecule has 0 bridgehead atoms. The summed E-state index contributed by atoms with van der Waals surface area (Å²) in [6, 6.07) is -1.07. The zero-order valence-electron chi connectivity index (χ0n) is 10.4. The summed E-state index contributed by atoms with van der Waals surface area (Å²) >= 11 is 1.66. The molecule has 98 valence electrons. The first kappa shape index (κ1) is 14.3. The minimum atomic E-state index is -0.966. The summed E-state index contributed by atoms with van der Waals surface area (Å²) < 4.78 is 0. The molecule has 4 atom stereocenters. The molecule has 0 aliphatic carbocycles. The fourth-order valence-corrected chi connectivity index (χ4v) is 2.70. The molecule has 0 aromatic heterocycles. The molecule has 5 nitrogen and oxygen atoms in total. The van der Waals surface area contributed by atoms with E-state index in [4.69, 9.17) is 5.11 Å². The van der Waals surface area contributed by atoms with Crippen molar-refractivity contribution < 1.29 is 14.7 Å². The number of rotatable bonds is 5. The molecule has 1 heterocycles. The normalized spacial score (nSPS) is 27.5. The third-order valence-corrected chi connectivity index (χ3v) is 4.20. The molecular weight excluding hydrogens is 240 g/mol. The van der Waals surface area contributed by atoms with Crippen LogP contribution in [0.2, 0.25) is 0 Å². The lowest BCUT2D eigenvalue weighted by atomic mass is 9.99. The van der Waals surface area contributed by atoms with Crippen molar-refractivity contribution in [3.63, 3.8) is 0 Å². The number of hydrogen-bond acceptors (Lipinski definition) is 4. The highest BCUT2D eigenvalue weighted by Gasteiger charge is 2.31. The molecule has 2 unspecified atom stereocenters. The number of nitrogens with one attached hydrogen (secondary N) is 2. The second kappa shape index (κ2) is 6.26. The third kappa shape index (κ3) is 3.89. The smallest absolute Gasteiger partial charge is 0.326 e. The zero-order valence-corrected chi connectivity index (χ0v) is 11.2. The van der Waals surface area contributed by atoms with Crippen molar-refractivity contribution in [3.05, 3.63) is 0 Å². The molecule has 0 radical (unpaired) electrons. The second-order valence-electron chi connectivity index (χ2n) is 4.40. The van der Waals surface area contributed by atoms with E-state index in [1.807, 2.05) is 20.8 Å². The number of aliphatic carboxylic acids is 1. The molecule has 0 spiro atoms. The number of carboxylic acid groups (broad SMARTS) is 1. The van der Waals surface area contributed by atoms with Gasteiger partial charge in [0.15, 0.2) is 0 Å². The summed E-state index contributed by atoms with van der Waals surface area (Å²) in [6.07, 6.45) is 0.723. The van der Waals surface area contributed by atoms with Gasteiger partial charge in [-0.05, 0) is 12.8 Å². The first-order valence-corrected chi connectivity index (χ1v) is 6.91. The van der Waals surface area contributed by atoms with Crippen LogP contribution in [0.25, 0.3) is 0 Å². The van der Waals surface area contributed by atoms with Gasteiger partial charge in [0.1, 0.15) is 6.04 Å². The maximum atomic E-state index is 11.9. The Morgan fingerprint density at radius 2 is 2.24 bits per heavy atom. The van der Waals surface area contributed by atoms with Crippen LogP contribution in [-0.2, 0) is 9.59 Å². The molecule has 6 heteroatoms. The van der Waals surface area contributed by atoms with Crippen molar-refractivity contribution >= 4 is 23.6 Å². The van der Waals surface area contributed by atoms with Crippen LogP contribution in [0.4, 0.5) is 0 Å². The number of carboxylic acids is 1. The molecule has 1 aliphatic rings. The van der Waals surface area contributed by atoms with E-state index in [9.17, 15) is 9.59 Å². The molecule has 0 aromatic rings. The highest BCUT2D eigenvalue weighted by Crippen LogP contribution is 2.18. The van der Waals surface area contributed by atoms with E-state index in [0.29, 0.717) is 5.75 Å². The van der Waals surface area contributed by atoms with Crippen LogP contribution >= 0.6 is 11.8 Å². The number of amides is 1. The van der Waals surface area contributed by atoms with Crippen LogP contribution in [0, 0.1) is 5.92 Å². The van der Waals surface area contributed by atoms with Crippen molar-refractivity contribution in [2.45, 2.75) is 44.6 Å². The summed E-state index contributed by atoms with van der Waals surface area (Å²) in [5.41, 5.74) is 0. The first-order valence-electron chi connectivity index (χ1n) is 5.86. The summed E-state index contributed by atoms with van der Waals surface area (Å²) in [5.74, 6) is -0.552. The van der Waals surface area contributed by atoms with Gasteiger partial charge in [0.25, 0.3) is 0 Å². The van der Waals surface area contributed by atoms with Crippen molar-refractivity contribution in [2.75, 3.05) is 5.75 Å². The molecule has 17 heavy (non-hydrogen) atoms. The van der Waals surface area contributed by atoms with E-state index in [1.54, 1.807) is 11.8 Å². The number of thioether (sulfide) groups is 1. The van der Waals surface area contributed by atoms with Crippen LogP contribution in [0.5, 0.6) is 0 Å². The Kier molecular flexibility index (Phi) is 5.27. The lowest BCUT2D eigenvalue weighted by Gasteiger charge is -2.22. The molecule has 1 rings (SSSR count). The standard InChI is InChI=1S/C11H20N2O3S/c1-4-6(2)9(11(15)16)13-10(14)8-5-17-7(3)12-8/h6-9,12H,4-5H2,1-3H3,(H,13,14)(H,15,16)/t6-,7?,8?,9-/m0/s1. The maximum Gasteiger partial charge on any atom is 0.326 e. The minimum Gasteiger partial charge on any atom is -0.480 e. The summed E-state index contributed by atoms with van der Waals surface area (Å²) in [7, 11) is 0. The van der Waals surface area contributed by atoms with Crippen molar-refractivity contribution in [2.24, 2.45) is 5.92 Å². The highest BCUT2D eigenvalue weighted by molar-refractivity contribution is 8.00. The fraction of sp³-hybridized carbons (Fsp3) is 0.818. The van der Waals surface area contributed by atoms with E-state index >= 15 is 0 Å². The maximum absolute atomic E-state index is 11.9. The molecular formula is C11H20N2O3S. The Hall–Kier alpha value is -0.750. The number of carbonyl (C=O) groups is 2. The SMILES string of the molecule is CC[C@H](C)[C@H](NC(=O)C1CSC(C)N1)C(=O)O. The number of carbonyl (C=O) groups excluding carboxylic acids is 1. The van der Waals surface area contributed by atoms with Gasteiger partial charge in [0.2, 0.25) is 5.91 Å². The summed E-state index contributed by atoms with van der Waals surface area (Å²) in [6.45, 7) is 5.73. The van der Waals surface area contributed by atoms with E-state index < -0.39 is 12.0 Å². The van der Waals surface area contributed by atoms with E-state index in [2.05, 4.69) is 10.6 Å². The van der Waals surface area contributed by atoms with Gasteiger partial charge >= 0.3 is 5.97 Å². The Morgan fingerprint density at radius 3 is 2.65 bits per heavy atom. The number of hydrogen-bond donors (Lipinski definition) is 3. The predicted octanol–water partition coefficient (Wildman–Crippen LogP) is 0.653. The van der Waals surface area contributed by atoms with Gasteiger partial charge in [0.05, 0.1) is 11.4 Å². The highest BCUT2D eigenvalue weighted by atomic mass is 32.2. The molecule has 1 aliphatic heterocycles. The Bertz CT molecular complexity index is 298. The average molecular weight is 260 g/mol. The van der Waals surface area contributed by atoms with Crippen molar-refractivity contribution in [1.82, 2.24) is 10.6 Å². The minimum absolute atomic E-state index is 0.0667. The molecule has 3 N–H and O–H groups in total. The molecule has 1 fully saturated rings.